The topological polar surface area (TPSA) is 153 Å². The second-order valence-electron chi connectivity index (χ2n) is 12.3. The maximum Gasteiger partial charge on any atom is 0.407 e. The van der Waals surface area contributed by atoms with E-state index in [-0.39, 0.29) is 24.5 Å². The maximum absolute atomic E-state index is 13.0. The quantitative estimate of drug-likeness (QED) is 0.268. The SMILES string of the molecule is Cn1cnc(C(=O)NCc2ccc(CNC(=O)OC(C)(C)C)cc2)c1C(=O)NCc1ccc(CNC(=O)OC(C)(C)C)cc1. The summed E-state index contributed by atoms with van der Waals surface area (Å²) in [5.41, 5.74) is 2.46. The molecule has 3 aromatic rings. The number of aryl methyl sites for hydroxylation is 1. The number of imidazole rings is 1. The van der Waals surface area contributed by atoms with Crippen LogP contribution in [0.25, 0.3) is 0 Å². The number of ether oxygens (including phenoxy) is 2. The van der Waals surface area contributed by atoms with Gasteiger partial charge in [-0.3, -0.25) is 9.59 Å². The van der Waals surface area contributed by atoms with E-state index in [2.05, 4.69) is 26.3 Å². The average Bonchev–Trinajstić information content (AvgIpc) is 3.33. The van der Waals surface area contributed by atoms with E-state index in [4.69, 9.17) is 9.47 Å². The summed E-state index contributed by atoms with van der Waals surface area (Å²) in [4.78, 5) is 53.8. The fraction of sp³-hybridized carbons (Fsp3) is 0.406. The molecule has 12 heteroatoms. The van der Waals surface area contributed by atoms with Gasteiger partial charge in [0.15, 0.2) is 5.69 Å². The first kappa shape index (κ1) is 33.6. The Bertz CT molecular complexity index is 1450. The summed E-state index contributed by atoms with van der Waals surface area (Å²) in [6, 6.07) is 14.8. The van der Waals surface area contributed by atoms with Gasteiger partial charge in [0, 0.05) is 33.2 Å². The van der Waals surface area contributed by atoms with Crippen LogP contribution in [0.2, 0.25) is 0 Å². The molecule has 0 saturated carbocycles. The van der Waals surface area contributed by atoms with Gasteiger partial charge in [0.05, 0.1) is 6.33 Å². The lowest BCUT2D eigenvalue weighted by atomic mass is 10.1. The van der Waals surface area contributed by atoms with Crippen molar-refractivity contribution in [3.63, 3.8) is 0 Å². The zero-order valence-electron chi connectivity index (χ0n) is 26.4. The third-order valence-electron chi connectivity index (χ3n) is 5.99. The summed E-state index contributed by atoms with van der Waals surface area (Å²) >= 11 is 0. The summed E-state index contributed by atoms with van der Waals surface area (Å²) in [7, 11) is 1.65. The molecule has 0 atom stereocenters. The average molecular weight is 607 g/mol. The van der Waals surface area contributed by atoms with E-state index in [1.165, 1.54) is 10.9 Å². The number of carbonyl (C=O) groups is 4. The monoisotopic (exact) mass is 606 g/mol. The summed E-state index contributed by atoms with van der Waals surface area (Å²) in [6.45, 7) is 11.9. The molecular weight excluding hydrogens is 564 g/mol. The van der Waals surface area contributed by atoms with Gasteiger partial charge in [0.1, 0.15) is 16.9 Å². The lowest BCUT2D eigenvalue weighted by Crippen LogP contribution is -2.32. The molecule has 44 heavy (non-hydrogen) atoms. The molecule has 0 aliphatic carbocycles. The number of amides is 4. The predicted octanol–water partition coefficient (Wildman–Crippen LogP) is 4.33. The number of nitrogens with one attached hydrogen (secondary N) is 4. The van der Waals surface area contributed by atoms with E-state index in [0.717, 1.165) is 22.3 Å². The fourth-order valence-electron chi connectivity index (χ4n) is 3.92. The predicted molar refractivity (Wildman–Crippen MR) is 165 cm³/mol. The van der Waals surface area contributed by atoms with Crippen molar-refractivity contribution in [2.75, 3.05) is 0 Å². The number of benzene rings is 2. The molecule has 4 N–H and O–H groups in total. The maximum atomic E-state index is 13.0. The second kappa shape index (κ2) is 14.5. The lowest BCUT2D eigenvalue weighted by molar-refractivity contribution is 0.0512. The van der Waals surface area contributed by atoms with Gasteiger partial charge in [0.25, 0.3) is 11.8 Å². The molecule has 0 fully saturated rings. The van der Waals surface area contributed by atoms with Crippen LogP contribution in [0.1, 0.15) is 84.8 Å². The van der Waals surface area contributed by atoms with Gasteiger partial charge < -0.3 is 35.3 Å². The van der Waals surface area contributed by atoms with Crippen LogP contribution in [-0.4, -0.2) is 44.8 Å². The highest BCUT2D eigenvalue weighted by molar-refractivity contribution is 6.05. The van der Waals surface area contributed by atoms with Crippen LogP contribution in [0.4, 0.5) is 9.59 Å². The van der Waals surface area contributed by atoms with Crippen LogP contribution in [0.15, 0.2) is 54.9 Å². The molecule has 2 aromatic carbocycles. The standard InChI is InChI=1S/C32H42N6O6/c1-31(2,3)43-29(41)35-18-23-12-8-21(9-13-23)16-33-27(39)25-26(38(7)20-37-25)28(40)34-17-22-10-14-24(15-11-22)19-36-30(42)44-32(4,5)6/h8-15,20H,16-19H2,1-7H3,(H,33,39)(H,34,40)(H,35,41)(H,36,42). The van der Waals surface area contributed by atoms with Crippen LogP contribution in [0.3, 0.4) is 0 Å². The Morgan fingerprint density at radius 2 is 0.955 bits per heavy atom. The molecule has 3 rings (SSSR count). The molecule has 12 nitrogen and oxygen atoms in total. The number of nitrogens with zero attached hydrogens (tertiary/aromatic N) is 2. The number of carbonyl (C=O) groups excluding carboxylic acids is 4. The second-order valence-corrected chi connectivity index (χ2v) is 12.3. The summed E-state index contributed by atoms with van der Waals surface area (Å²) < 4.78 is 12.0. The molecule has 0 bridgehead atoms. The zero-order valence-corrected chi connectivity index (χ0v) is 26.4. The summed E-state index contributed by atoms with van der Waals surface area (Å²) in [6.07, 6.45) is 0.432. The summed E-state index contributed by atoms with van der Waals surface area (Å²) in [5, 5.41) is 11.1. The number of hydrogen-bond donors (Lipinski definition) is 4. The molecule has 1 heterocycles. The number of rotatable bonds is 10. The van der Waals surface area contributed by atoms with E-state index in [1.807, 2.05) is 48.5 Å². The molecule has 0 aliphatic rings. The van der Waals surface area contributed by atoms with Crippen molar-refractivity contribution in [1.29, 1.82) is 0 Å². The molecule has 1 aromatic heterocycles. The minimum Gasteiger partial charge on any atom is -0.444 e. The van der Waals surface area contributed by atoms with Gasteiger partial charge in [-0.25, -0.2) is 14.6 Å². The Labute approximate surface area is 257 Å². The fourth-order valence-corrected chi connectivity index (χ4v) is 3.92. The van der Waals surface area contributed by atoms with E-state index in [9.17, 15) is 19.2 Å². The van der Waals surface area contributed by atoms with Gasteiger partial charge in [-0.15, -0.1) is 0 Å². The first-order valence-corrected chi connectivity index (χ1v) is 14.3. The van der Waals surface area contributed by atoms with E-state index in [0.29, 0.717) is 13.1 Å². The zero-order chi connectivity index (χ0) is 32.5. The van der Waals surface area contributed by atoms with E-state index in [1.54, 1.807) is 48.6 Å². The van der Waals surface area contributed by atoms with Crippen molar-refractivity contribution in [2.45, 2.75) is 78.9 Å². The normalized spacial score (nSPS) is 11.3. The van der Waals surface area contributed by atoms with Gasteiger partial charge in [0.2, 0.25) is 0 Å². The van der Waals surface area contributed by atoms with E-state index >= 15 is 0 Å². The highest BCUT2D eigenvalue weighted by Crippen LogP contribution is 2.12. The van der Waals surface area contributed by atoms with Gasteiger partial charge in [-0.05, 0) is 63.8 Å². The molecular formula is C32H42N6O6. The van der Waals surface area contributed by atoms with Gasteiger partial charge >= 0.3 is 12.2 Å². The molecule has 0 radical (unpaired) electrons. The molecule has 0 spiro atoms. The molecule has 4 amide bonds. The van der Waals surface area contributed by atoms with Crippen molar-refractivity contribution in [2.24, 2.45) is 7.05 Å². The minimum atomic E-state index is -0.572. The van der Waals surface area contributed by atoms with Crippen molar-refractivity contribution < 1.29 is 28.7 Å². The van der Waals surface area contributed by atoms with Crippen molar-refractivity contribution in [3.05, 3.63) is 88.5 Å². The molecule has 0 saturated heterocycles. The van der Waals surface area contributed by atoms with Crippen molar-refractivity contribution in [3.8, 4) is 0 Å². The highest BCUT2D eigenvalue weighted by Gasteiger charge is 2.22. The first-order chi connectivity index (χ1) is 20.6. The number of hydrogen-bond acceptors (Lipinski definition) is 7. The van der Waals surface area contributed by atoms with Crippen molar-refractivity contribution in [1.82, 2.24) is 30.8 Å². The Hall–Kier alpha value is -4.87. The first-order valence-electron chi connectivity index (χ1n) is 14.3. The Morgan fingerprint density at radius 3 is 1.32 bits per heavy atom. The Morgan fingerprint density at radius 1 is 0.614 bits per heavy atom. The Balaban J connectivity index is 1.49. The number of aromatic nitrogens is 2. The third-order valence-corrected chi connectivity index (χ3v) is 5.99. The summed E-state index contributed by atoms with van der Waals surface area (Å²) in [5.74, 6) is -0.916. The van der Waals surface area contributed by atoms with Crippen LogP contribution in [0.5, 0.6) is 0 Å². The van der Waals surface area contributed by atoms with Crippen molar-refractivity contribution >= 4 is 24.0 Å². The largest absolute Gasteiger partial charge is 0.444 e. The minimum absolute atomic E-state index is 0.0201. The van der Waals surface area contributed by atoms with E-state index < -0.39 is 35.2 Å². The lowest BCUT2D eigenvalue weighted by Gasteiger charge is -2.19. The highest BCUT2D eigenvalue weighted by atomic mass is 16.6. The van der Waals surface area contributed by atoms with Crippen LogP contribution in [0, 0.1) is 0 Å². The van der Waals surface area contributed by atoms with Crippen LogP contribution < -0.4 is 21.3 Å². The Kier molecular flexibility index (Phi) is 11.1. The van der Waals surface area contributed by atoms with Crippen LogP contribution in [-0.2, 0) is 42.7 Å². The number of alkyl carbamates (subject to hydrolysis) is 2. The molecule has 236 valence electrons. The third kappa shape index (κ3) is 11.1. The van der Waals surface area contributed by atoms with Crippen LogP contribution >= 0.6 is 0 Å². The van der Waals surface area contributed by atoms with Gasteiger partial charge in [-0.1, -0.05) is 48.5 Å². The molecule has 0 unspecified atom stereocenters. The molecule has 0 aliphatic heterocycles. The van der Waals surface area contributed by atoms with Gasteiger partial charge in [-0.2, -0.15) is 0 Å². The smallest absolute Gasteiger partial charge is 0.407 e.